The Labute approximate surface area is 120 Å². The lowest BCUT2D eigenvalue weighted by Gasteiger charge is -2.09. The molecule has 0 saturated heterocycles. The van der Waals surface area contributed by atoms with Crippen molar-refractivity contribution in [3.8, 4) is 17.0 Å². The van der Waals surface area contributed by atoms with E-state index in [1.807, 2.05) is 31.2 Å². The van der Waals surface area contributed by atoms with Crippen molar-refractivity contribution < 1.29 is 4.74 Å². The van der Waals surface area contributed by atoms with Crippen molar-refractivity contribution in [2.45, 2.75) is 40.2 Å². The first-order valence-electron chi connectivity index (χ1n) is 7.29. The van der Waals surface area contributed by atoms with Gasteiger partial charge < -0.3 is 15.0 Å². The number of anilines is 1. The molecule has 0 saturated carbocycles. The van der Waals surface area contributed by atoms with E-state index in [2.05, 4.69) is 18.4 Å². The molecule has 0 bridgehead atoms. The molecule has 0 atom stereocenters. The first-order valence-corrected chi connectivity index (χ1v) is 7.29. The molecule has 0 aliphatic rings. The molecule has 0 radical (unpaired) electrons. The summed E-state index contributed by atoms with van der Waals surface area (Å²) in [5, 5.41) is 0. The number of hydrogen-bond acceptors (Lipinski definition) is 3. The van der Waals surface area contributed by atoms with E-state index in [-0.39, 0.29) is 0 Å². The maximum Gasteiger partial charge on any atom is 0.131 e. The summed E-state index contributed by atoms with van der Waals surface area (Å²) in [6.07, 6.45) is 1.92. The summed E-state index contributed by atoms with van der Waals surface area (Å²) in [4.78, 5) is 4.72. The van der Waals surface area contributed by atoms with Crippen LogP contribution in [0.3, 0.4) is 0 Å². The number of para-hydroxylation sites is 1. The first kappa shape index (κ1) is 14.4. The molecule has 2 N–H and O–H groups in total. The van der Waals surface area contributed by atoms with Crippen LogP contribution in [0.5, 0.6) is 5.75 Å². The highest BCUT2D eigenvalue weighted by atomic mass is 16.5. The Hall–Kier alpha value is -1.97. The van der Waals surface area contributed by atoms with Gasteiger partial charge >= 0.3 is 0 Å². The maximum atomic E-state index is 6.31. The highest BCUT2D eigenvalue weighted by molar-refractivity contribution is 5.76. The number of hydrogen-bond donors (Lipinski definition) is 1. The zero-order valence-corrected chi connectivity index (χ0v) is 12.5. The van der Waals surface area contributed by atoms with Crippen molar-refractivity contribution in [1.29, 1.82) is 0 Å². The molecule has 0 amide bonds. The molecule has 0 aliphatic heterocycles. The van der Waals surface area contributed by atoms with Crippen LogP contribution in [0.15, 0.2) is 24.3 Å². The number of nitrogens with two attached hydrogens (primary N) is 1. The summed E-state index contributed by atoms with van der Waals surface area (Å²) < 4.78 is 7.79. The highest BCUT2D eigenvalue weighted by Crippen LogP contribution is 2.33. The molecule has 2 rings (SSSR count). The van der Waals surface area contributed by atoms with E-state index in [0.717, 1.165) is 48.0 Å². The molecule has 0 aliphatic carbocycles. The van der Waals surface area contributed by atoms with Crippen molar-refractivity contribution in [2.24, 2.45) is 0 Å². The zero-order valence-electron chi connectivity index (χ0n) is 12.5. The van der Waals surface area contributed by atoms with Gasteiger partial charge in [-0.15, -0.1) is 0 Å². The zero-order chi connectivity index (χ0) is 14.5. The molecule has 1 aromatic carbocycles. The fourth-order valence-electron chi connectivity index (χ4n) is 2.40. The van der Waals surface area contributed by atoms with Gasteiger partial charge in [0.05, 0.1) is 6.61 Å². The number of rotatable bonds is 6. The number of aromatic nitrogens is 2. The van der Waals surface area contributed by atoms with Gasteiger partial charge in [0.1, 0.15) is 23.1 Å². The van der Waals surface area contributed by atoms with Gasteiger partial charge in [0.15, 0.2) is 0 Å². The molecule has 20 heavy (non-hydrogen) atoms. The van der Waals surface area contributed by atoms with Crippen LogP contribution in [0.2, 0.25) is 0 Å². The van der Waals surface area contributed by atoms with Crippen LogP contribution in [-0.2, 0) is 13.0 Å². The van der Waals surface area contributed by atoms with E-state index in [0.29, 0.717) is 6.61 Å². The number of nitrogen functional groups attached to an aromatic ring is 1. The third-order valence-electron chi connectivity index (χ3n) is 3.29. The maximum absolute atomic E-state index is 6.31. The van der Waals surface area contributed by atoms with Gasteiger partial charge in [-0.1, -0.05) is 26.0 Å². The van der Waals surface area contributed by atoms with Crippen molar-refractivity contribution in [3.63, 3.8) is 0 Å². The summed E-state index contributed by atoms with van der Waals surface area (Å²) in [7, 11) is 0. The van der Waals surface area contributed by atoms with Crippen LogP contribution in [0, 0.1) is 0 Å². The Balaban J connectivity index is 2.53. The van der Waals surface area contributed by atoms with Crippen LogP contribution < -0.4 is 10.5 Å². The molecule has 0 spiro atoms. The SMILES string of the molecule is CCCn1c(CC)nc(-c2ccccc2OCC)c1N. The van der Waals surface area contributed by atoms with Crippen molar-refractivity contribution in [2.75, 3.05) is 12.3 Å². The molecular weight excluding hydrogens is 250 g/mol. The second-order valence-corrected chi connectivity index (χ2v) is 4.70. The van der Waals surface area contributed by atoms with E-state index in [1.165, 1.54) is 0 Å². The van der Waals surface area contributed by atoms with Gasteiger partial charge in [-0.2, -0.15) is 0 Å². The van der Waals surface area contributed by atoms with Crippen LogP contribution >= 0.6 is 0 Å². The molecule has 0 unspecified atom stereocenters. The third kappa shape index (κ3) is 2.64. The lowest BCUT2D eigenvalue weighted by atomic mass is 10.1. The minimum absolute atomic E-state index is 0.632. The fourth-order valence-corrected chi connectivity index (χ4v) is 2.40. The quantitative estimate of drug-likeness (QED) is 0.876. The van der Waals surface area contributed by atoms with Crippen molar-refractivity contribution in [1.82, 2.24) is 9.55 Å². The molecule has 4 heteroatoms. The van der Waals surface area contributed by atoms with Gasteiger partial charge in [0.25, 0.3) is 0 Å². The predicted octanol–water partition coefficient (Wildman–Crippen LogP) is 3.50. The highest BCUT2D eigenvalue weighted by Gasteiger charge is 2.17. The molecule has 1 aromatic heterocycles. The Kier molecular flexibility index (Phi) is 4.66. The van der Waals surface area contributed by atoms with E-state index in [1.54, 1.807) is 0 Å². The Morgan fingerprint density at radius 3 is 2.60 bits per heavy atom. The number of ether oxygens (including phenoxy) is 1. The van der Waals surface area contributed by atoms with Crippen LogP contribution in [0.25, 0.3) is 11.3 Å². The standard InChI is InChI=1S/C16H23N3O/c1-4-11-19-14(5-2)18-15(16(19)17)12-9-7-8-10-13(12)20-6-3/h7-10H,4-6,11,17H2,1-3H3. The number of aryl methyl sites for hydroxylation is 1. The molecule has 4 nitrogen and oxygen atoms in total. The van der Waals surface area contributed by atoms with E-state index in [9.17, 15) is 0 Å². The molecule has 108 valence electrons. The average Bonchev–Trinajstić information content (AvgIpc) is 2.77. The van der Waals surface area contributed by atoms with Gasteiger partial charge in [-0.25, -0.2) is 4.98 Å². The summed E-state index contributed by atoms with van der Waals surface area (Å²) in [6.45, 7) is 7.76. The van der Waals surface area contributed by atoms with E-state index < -0.39 is 0 Å². The van der Waals surface area contributed by atoms with Crippen LogP contribution in [0.1, 0.15) is 33.0 Å². The molecule has 1 heterocycles. The second-order valence-electron chi connectivity index (χ2n) is 4.70. The Morgan fingerprint density at radius 1 is 1.20 bits per heavy atom. The summed E-state index contributed by atoms with van der Waals surface area (Å²) >= 11 is 0. The van der Waals surface area contributed by atoms with Crippen molar-refractivity contribution >= 4 is 5.82 Å². The predicted molar refractivity (Wildman–Crippen MR) is 82.9 cm³/mol. The monoisotopic (exact) mass is 273 g/mol. The van der Waals surface area contributed by atoms with E-state index >= 15 is 0 Å². The van der Waals surface area contributed by atoms with Crippen LogP contribution in [-0.4, -0.2) is 16.2 Å². The number of benzene rings is 1. The van der Waals surface area contributed by atoms with Gasteiger partial charge in [-0.3, -0.25) is 0 Å². The largest absolute Gasteiger partial charge is 0.493 e. The first-order chi connectivity index (χ1) is 9.72. The minimum Gasteiger partial charge on any atom is -0.493 e. The summed E-state index contributed by atoms with van der Waals surface area (Å²) in [5.41, 5.74) is 8.11. The smallest absolute Gasteiger partial charge is 0.131 e. The molecule has 2 aromatic rings. The summed E-state index contributed by atoms with van der Waals surface area (Å²) in [5.74, 6) is 2.60. The molecule has 0 fully saturated rings. The lowest BCUT2D eigenvalue weighted by molar-refractivity contribution is 0.341. The second kappa shape index (κ2) is 6.46. The van der Waals surface area contributed by atoms with E-state index in [4.69, 9.17) is 15.5 Å². The summed E-state index contributed by atoms with van der Waals surface area (Å²) in [6, 6.07) is 7.93. The number of nitrogens with zero attached hydrogens (tertiary/aromatic N) is 2. The van der Waals surface area contributed by atoms with Gasteiger partial charge in [0.2, 0.25) is 0 Å². The normalized spacial score (nSPS) is 10.8. The fraction of sp³-hybridized carbons (Fsp3) is 0.438. The Bertz CT molecular complexity index is 575. The van der Waals surface area contributed by atoms with Crippen LogP contribution in [0.4, 0.5) is 5.82 Å². The average molecular weight is 273 g/mol. The third-order valence-corrected chi connectivity index (χ3v) is 3.29. The minimum atomic E-state index is 0.632. The Morgan fingerprint density at radius 2 is 1.95 bits per heavy atom. The lowest BCUT2D eigenvalue weighted by Crippen LogP contribution is -2.06. The molecular formula is C16H23N3O. The van der Waals surface area contributed by atoms with Gasteiger partial charge in [-0.05, 0) is 25.5 Å². The topological polar surface area (TPSA) is 53.1 Å². The van der Waals surface area contributed by atoms with Gasteiger partial charge in [0, 0.05) is 18.5 Å². The number of imidazole rings is 1. The van der Waals surface area contributed by atoms with Crippen molar-refractivity contribution in [3.05, 3.63) is 30.1 Å².